The van der Waals surface area contributed by atoms with Crippen LogP contribution in [-0.4, -0.2) is 19.6 Å². The van der Waals surface area contributed by atoms with E-state index >= 15 is 0 Å². The summed E-state index contributed by atoms with van der Waals surface area (Å²) in [6.07, 6.45) is 1.68. The van der Waals surface area contributed by atoms with Crippen LogP contribution in [0.1, 0.15) is 11.1 Å². The first-order valence-corrected chi connectivity index (χ1v) is 7.16. The molecule has 0 unspecified atom stereocenters. The minimum atomic E-state index is 0.715. The normalized spacial score (nSPS) is 11.2. The molecule has 22 heavy (non-hydrogen) atoms. The fourth-order valence-corrected chi connectivity index (χ4v) is 2.60. The van der Waals surface area contributed by atoms with Gasteiger partial charge in [0.2, 0.25) is 5.95 Å². The molecule has 0 atom stereocenters. The number of anilines is 2. The van der Waals surface area contributed by atoms with E-state index < -0.39 is 0 Å². The Morgan fingerprint density at radius 3 is 2.77 bits per heavy atom. The SMILES string of the molecule is Cc1cccc(Nc2nc3ccccc3c3nncn23)c1C. The molecule has 0 amide bonds. The van der Waals surface area contributed by atoms with Crippen molar-refractivity contribution in [1.82, 2.24) is 19.6 Å². The van der Waals surface area contributed by atoms with E-state index in [0.717, 1.165) is 22.2 Å². The van der Waals surface area contributed by atoms with E-state index in [4.69, 9.17) is 4.98 Å². The van der Waals surface area contributed by atoms with Crippen LogP contribution in [0.3, 0.4) is 0 Å². The van der Waals surface area contributed by atoms with Gasteiger partial charge in [-0.05, 0) is 43.2 Å². The second-order valence-electron chi connectivity index (χ2n) is 5.35. The summed E-state index contributed by atoms with van der Waals surface area (Å²) in [7, 11) is 0. The summed E-state index contributed by atoms with van der Waals surface area (Å²) in [5.41, 5.74) is 5.19. The zero-order valence-corrected chi connectivity index (χ0v) is 12.4. The Bertz CT molecular complexity index is 987. The van der Waals surface area contributed by atoms with Crippen LogP contribution >= 0.6 is 0 Å². The minimum Gasteiger partial charge on any atom is -0.325 e. The molecule has 5 heteroatoms. The number of nitrogens with one attached hydrogen (secondary N) is 1. The summed E-state index contributed by atoms with van der Waals surface area (Å²) < 4.78 is 1.88. The molecule has 4 rings (SSSR count). The zero-order chi connectivity index (χ0) is 15.1. The number of rotatable bonds is 2. The predicted molar refractivity (Wildman–Crippen MR) is 87.5 cm³/mol. The standard InChI is InChI=1S/C17H15N5/c1-11-6-5-9-14(12(11)2)19-17-20-15-8-4-3-7-13(15)16-21-18-10-22(16)17/h3-10H,1-2H3,(H,19,20). The van der Waals surface area contributed by atoms with E-state index in [1.807, 2.05) is 34.7 Å². The number of aromatic nitrogens is 4. The number of hydrogen-bond donors (Lipinski definition) is 1. The Kier molecular flexibility index (Phi) is 2.79. The van der Waals surface area contributed by atoms with Crippen LogP contribution in [0.15, 0.2) is 48.8 Å². The van der Waals surface area contributed by atoms with Gasteiger partial charge in [0.15, 0.2) is 5.65 Å². The lowest BCUT2D eigenvalue weighted by molar-refractivity contribution is 1.08. The van der Waals surface area contributed by atoms with E-state index in [-0.39, 0.29) is 0 Å². The zero-order valence-electron chi connectivity index (χ0n) is 12.4. The van der Waals surface area contributed by atoms with Crippen LogP contribution in [0.25, 0.3) is 16.6 Å². The van der Waals surface area contributed by atoms with Gasteiger partial charge in [0.25, 0.3) is 0 Å². The van der Waals surface area contributed by atoms with Gasteiger partial charge in [0, 0.05) is 11.1 Å². The van der Waals surface area contributed by atoms with E-state index in [1.54, 1.807) is 6.33 Å². The van der Waals surface area contributed by atoms with Gasteiger partial charge in [0.05, 0.1) is 5.52 Å². The van der Waals surface area contributed by atoms with Crippen molar-refractivity contribution in [2.24, 2.45) is 0 Å². The van der Waals surface area contributed by atoms with Gasteiger partial charge in [-0.3, -0.25) is 4.40 Å². The molecule has 0 spiro atoms. The largest absolute Gasteiger partial charge is 0.325 e. The molecule has 0 aliphatic carbocycles. The monoisotopic (exact) mass is 289 g/mol. The maximum atomic E-state index is 4.71. The van der Waals surface area contributed by atoms with Gasteiger partial charge in [-0.15, -0.1) is 10.2 Å². The highest BCUT2D eigenvalue weighted by Crippen LogP contribution is 2.25. The van der Waals surface area contributed by atoms with Gasteiger partial charge >= 0.3 is 0 Å². The van der Waals surface area contributed by atoms with Gasteiger partial charge in [0.1, 0.15) is 6.33 Å². The molecule has 0 radical (unpaired) electrons. The molecule has 0 saturated heterocycles. The average molecular weight is 289 g/mol. The van der Waals surface area contributed by atoms with Crippen molar-refractivity contribution >= 4 is 28.2 Å². The Balaban J connectivity index is 1.93. The maximum Gasteiger partial charge on any atom is 0.215 e. The Morgan fingerprint density at radius 1 is 1.00 bits per heavy atom. The summed E-state index contributed by atoms with van der Waals surface area (Å²) in [6, 6.07) is 14.1. The third-order valence-corrected chi connectivity index (χ3v) is 4.00. The first-order valence-electron chi connectivity index (χ1n) is 7.16. The van der Waals surface area contributed by atoms with Crippen molar-refractivity contribution in [2.75, 3.05) is 5.32 Å². The topological polar surface area (TPSA) is 55.1 Å². The summed E-state index contributed by atoms with van der Waals surface area (Å²) in [4.78, 5) is 4.71. The average Bonchev–Trinajstić information content (AvgIpc) is 3.02. The van der Waals surface area contributed by atoms with Crippen LogP contribution in [-0.2, 0) is 0 Å². The molecule has 0 aliphatic heterocycles. The summed E-state index contributed by atoms with van der Waals surface area (Å²) in [5.74, 6) is 0.715. The third kappa shape index (κ3) is 1.90. The van der Waals surface area contributed by atoms with Crippen LogP contribution in [0.4, 0.5) is 11.6 Å². The molecule has 0 aliphatic rings. The lowest BCUT2D eigenvalue weighted by Gasteiger charge is -2.12. The van der Waals surface area contributed by atoms with E-state index in [9.17, 15) is 0 Å². The van der Waals surface area contributed by atoms with Crippen molar-refractivity contribution in [2.45, 2.75) is 13.8 Å². The third-order valence-electron chi connectivity index (χ3n) is 4.00. The highest BCUT2D eigenvalue weighted by Gasteiger charge is 2.10. The number of fused-ring (bicyclic) bond motifs is 3. The van der Waals surface area contributed by atoms with E-state index in [0.29, 0.717) is 5.95 Å². The van der Waals surface area contributed by atoms with Crippen molar-refractivity contribution in [3.05, 3.63) is 59.9 Å². The Hall–Kier alpha value is -2.95. The molecule has 2 aromatic heterocycles. The van der Waals surface area contributed by atoms with Crippen LogP contribution < -0.4 is 5.32 Å². The van der Waals surface area contributed by atoms with E-state index in [1.165, 1.54) is 11.1 Å². The lowest BCUT2D eigenvalue weighted by Crippen LogP contribution is -2.03. The van der Waals surface area contributed by atoms with Crippen LogP contribution in [0.5, 0.6) is 0 Å². The second kappa shape index (κ2) is 4.80. The van der Waals surface area contributed by atoms with Crippen molar-refractivity contribution in [1.29, 1.82) is 0 Å². The molecular formula is C17H15N5. The fraction of sp³-hybridized carbons (Fsp3) is 0.118. The Morgan fingerprint density at radius 2 is 1.86 bits per heavy atom. The molecule has 1 N–H and O–H groups in total. The number of aryl methyl sites for hydroxylation is 1. The predicted octanol–water partition coefficient (Wildman–Crippen LogP) is 3.64. The van der Waals surface area contributed by atoms with Gasteiger partial charge in [-0.1, -0.05) is 24.3 Å². The fourth-order valence-electron chi connectivity index (χ4n) is 2.60. The molecule has 2 heterocycles. The van der Waals surface area contributed by atoms with E-state index in [2.05, 4.69) is 41.5 Å². The second-order valence-corrected chi connectivity index (χ2v) is 5.35. The highest BCUT2D eigenvalue weighted by molar-refractivity contribution is 5.92. The van der Waals surface area contributed by atoms with Crippen LogP contribution in [0.2, 0.25) is 0 Å². The molecule has 4 aromatic rings. The lowest BCUT2D eigenvalue weighted by atomic mass is 10.1. The van der Waals surface area contributed by atoms with Gasteiger partial charge in [-0.25, -0.2) is 4.98 Å². The first kappa shape index (κ1) is 12.8. The first-order chi connectivity index (χ1) is 10.7. The minimum absolute atomic E-state index is 0.715. The smallest absolute Gasteiger partial charge is 0.215 e. The number of nitrogens with zero attached hydrogens (tertiary/aromatic N) is 4. The molecular weight excluding hydrogens is 274 g/mol. The molecule has 0 fully saturated rings. The highest BCUT2D eigenvalue weighted by atomic mass is 15.3. The van der Waals surface area contributed by atoms with Crippen molar-refractivity contribution < 1.29 is 0 Å². The number of hydrogen-bond acceptors (Lipinski definition) is 4. The van der Waals surface area contributed by atoms with Gasteiger partial charge < -0.3 is 5.32 Å². The molecule has 0 bridgehead atoms. The number of benzene rings is 2. The van der Waals surface area contributed by atoms with Crippen molar-refractivity contribution in [3.63, 3.8) is 0 Å². The molecule has 0 saturated carbocycles. The number of para-hydroxylation sites is 1. The summed E-state index contributed by atoms with van der Waals surface area (Å²) in [6.45, 7) is 4.20. The molecule has 108 valence electrons. The summed E-state index contributed by atoms with van der Waals surface area (Å²) >= 11 is 0. The van der Waals surface area contributed by atoms with Crippen molar-refractivity contribution in [3.8, 4) is 0 Å². The summed E-state index contributed by atoms with van der Waals surface area (Å²) in [5, 5.41) is 12.6. The Labute approximate surface area is 127 Å². The molecule has 5 nitrogen and oxygen atoms in total. The maximum absolute atomic E-state index is 4.71. The van der Waals surface area contributed by atoms with Gasteiger partial charge in [-0.2, -0.15) is 0 Å². The van der Waals surface area contributed by atoms with Crippen LogP contribution in [0, 0.1) is 13.8 Å². The quantitative estimate of drug-likeness (QED) is 0.612. The molecule has 2 aromatic carbocycles.